The van der Waals surface area contributed by atoms with Gasteiger partial charge in [-0.1, -0.05) is 13.8 Å². The predicted molar refractivity (Wildman–Crippen MR) is 64.7 cm³/mol. The van der Waals surface area contributed by atoms with Crippen molar-refractivity contribution in [3.63, 3.8) is 0 Å². The summed E-state index contributed by atoms with van der Waals surface area (Å²) in [7, 11) is 0. The first kappa shape index (κ1) is 11.7. The molecule has 0 saturated carbocycles. The van der Waals surface area contributed by atoms with Crippen molar-refractivity contribution in [3.05, 3.63) is 24.0 Å². The highest BCUT2D eigenvalue weighted by atomic mass is 32.2. The molecule has 0 spiro atoms. The molecule has 1 heterocycles. The van der Waals surface area contributed by atoms with Crippen LogP contribution in [-0.4, -0.2) is 16.1 Å². The van der Waals surface area contributed by atoms with Crippen LogP contribution >= 0.6 is 11.8 Å². The zero-order valence-electron chi connectivity index (χ0n) is 9.07. The van der Waals surface area contributed by atoms with Crippen molar-refractivity contribution in [2.75, 3.05) is 11.5 Å². The number of rotatable bonds is 6. The van der Waals surface area contributed by atoms with E-state index in [1.54, 1.807) is 0 Å². The lowest BCUT2D eigenvalue weighted by Gasteiger charge is -2.05. The average Bonchev–Trinajstić information content (AvgIpc) is 2.66. The summed E-state index contributed by atoms with van der Waals surface area (Å²) < 4.78 is 2.23. The maximum Gasteiger partial charge on any atom is 0.0310 e. The number of hydrogen-bond donors (Lipinski definition) is 1. The maximum absolute atomic E-state index is 5.94. The molecule has 2 N–H and O–H groups in total. The molecule has 0 bridgehead atoms. The molecule has 0 aliphatic carbocycles. The molecule has 1 atom stereocenters. The molecule has 80 valence electrons. The molecule has 0 aliphatic rings. The van der Waals surface area contributed by atoms with Crippen molar-refractivity contribution < 1.29 is 0 Å². The number of nitrogens with zero attached hydrogens (tertiary/aromatic N) is 1. The van der Waals surface area contributed by atoms with E-state index >= 15 is 0 Å². The van der Waals surface area contributed by atoms with Crippen LogP contribution in [0.15, 0.2) is 18.5 Å². The Kier molecular flexibility index (Phi) is 5.12. The Bertz CT molecular complexity index is 258. The van der Waals surface area contributed by atoms with Crippen molar-refractivity contribution in [1.82, 2.24) is 4.57 Å². The van der Waals surface area contributed by atoms with Gasteiger partial charge in [-0.25, -0.2) is 0 Å². The molecule has 3 heteroatoms. The van der Waals surface area contributed by atoms with E-state index in [1.165, 1.54) is 17.1 Å². The Hall–Kier alpha value is -0.410. The normalized spacial score (nSPS) is 13.1. The third-order valence-electron chi connectivity index (χ3n) is 2.34. The lowest BCUT2D eigenvalue weighted by Crippen LogP contribution is -2.07. The zero-order valence-corrected chi connectivity index (χ0v) is 9.89. The molecule has 0 radical (unpaired) electrons. The van der Waals surface area contributed by atoms with E-state index in [1.807, 2.05) is 11.8 Å². The van der Waals surface area contributed by atoms with Crippen LogP contribution in [-0.2, 0) is 6.54 Å². The second-order valence-corrected chi connectivity index (χ2v) is 4.79. The van der Waals surface area contributed by atoms with Gasteiger partial charge in [-0.2, -0.15) is 11.8 Å². The first-order valence-electron chi connectivity index (χ1n) is 5.27. The summed E-state index contributed by atoms with van der Waals surface area (Å²) in [6.45, 7) is 5.41. The van der Waals surface area contributed by atoms with Crippen LogP contribution in [0.1, 0.15) is 31.9 Å². The zero-order chi connectivity index (χ0) is 10.4. The molecule has 0 fully saturated rings. The lowest BCUT2D eigenvalue weighted by atomic mass is 10.1. The third kappa shape index (κ3) is 3.39. The Morgan fingerprint density at radius 3 is 2.93 bits per heavy atom. The van der Waals surface area contributed by atoms with Crippen LogP contribution in [0, 0.1) is 0 Å². The van der Waals surface area contributed by atoms with Crippen molar-refractivity contribution in [1.29, 1.82) is 0 Å². The third-order valence-corrected chi connectivity index (χ3v) is 3.22. The summed E-state index contributed by atoms with van der Waals surface area (Å²) in [5.41, 5.74) is 7.20. The minimum Gasteiger partial charge on any atom is -0.353 e. The molecule has 1 unspecified atom stereocenters. The van der Waals surface area contributed by atoms with Gasteiger partial charge < -0.3 is 10.3 Å². The van der Waals surface area contributed by atoms with Gasteiger partial charge in [0.15, 0.2) is 0 Å². The molecule has 1 aromatic rings. The highest BCUT2D eigenvalue weighted by Crippen LogP contribution is 2.14. The summed E-state index contributed by atoms with van der Waals surface area (Å²) in [6, 6.07) is 2.33. The summed E-state index contributed by atoms with van der Waals surface area (Å²) >= 11 is 1.97. The van der Waals surface area contributed by atoms with Gasteiger partial charge >= 0.3 is 0 Å². The van der Waals surface area contributed by atoms with Crippen LogP contribution in [0.25, 0.3) is 0 Å². The molecule has 0 saturated heterocycles. The van der Waals surface area contributed by atoms with E-state index in [0.717, 1.165) is 13.0 Å². The quantitative estimate of drug-likeness (QED) is 0.735. The SMILES string of the molecule is CCSCCn1ccc(C(N)CC)c1. The number of thioether (sulfide) groups is 1. The molecular weight excluding hydrogens is 192 g/mol. The van der Waals surface area contributed by atoms with E-state index in [4.69, 9.17) is 5.73 Å². The lowest BCUT2D eigenvalue weighted by molar-refractivity contribution is 0.691. The van der Waals surface area contributed by atoms with Gasteiger partial charge in [0.2, 0.25) is 0 Å². The van der Waals surface area contributed by atoms with Crippen LogP contribution in [0.4, 0.5) is 0 Å². The fourth-order valence-corrected chi connectivity index (χ4v) is 2.00. The standard InChI is InChI=1S/C11H20N2S/c1-3-11(12)10-5-6-13(9-10)7-8-14-4-2/h5-6,9,11H,3-4,7-8,12H2,1-2H3. The van der Waals surface area contributed by atoms with Gasteiger partial charge in [0.1, 0.15) is 0 Å². The first-order valence-corrected chi connectivity index (χ1v) is 6.42. The van der Waals surface area contributed by atoms with Crippen LogP contribution in [0.3, 0.4) is 0 Å². The number of aromatic nitrogens is 1. The van der Waals surface area contributed by atoms with E-state index in [2.05, 4.69) is 36.9 Å². The second kappa shape index (κ2) is 6.14. The van der Waals surface area contributed by atoms with Gasteiger partial charge in [-0.05, 0) is 23.8 Å². The van der Waals surface area contributed by atoms with Crippen molar-refractivity contribution in [3.8, 4) is 0 Å². The Labute approximate surface area is 90.9 Å². The Balaban J connectivity index is 2.42. The maximum atomic E-state index is 5.94. The van der Waals surface area contributed by atoms with Crippen LogP contribution in [0.5, 0.6) is 0 Å². The molecule has 0 amide bonds. The molecule has 2 nitrogen and oxygen atoms in total. The van der Waals surface area contributed by atoms with Crippen molar-refractivity contribution >= 4 is 11.8 Å². The van der Waals surface area contributed by atoms with Crippen molar-refractivity contribution in [2.24, 2.45) is 5.73 Å². The monoisotopic (exact) mass is 212 g/mol. The minimum absolute atomic E-state index is 0.204. The molecular formula is C11H20N2S. The number of hydrogen-bond acceptors (Lipinski definition) is 2. The van der Waals surface area contributed by atoms with E-state index < -0.39 is 0 Å². The smallest absolute Gasteiger partial charge is 0.0310 e. The van der Waals surface area contributed by atoms with Gasteiger partial charge in [0.05, 0.1) is 0 Å². The summed E-state index contributed by atoms with van der Waals surface area (Å²) in [5.74, 6) is 2.38. The van der Waals surface area contributed by atoms with Crippen LogP contribution in [0.2, 0.25) is 0 Å². The van der Waals surface area contributed by atoms with E-state index in [9.17, 15) is 0 Å². The van der Waals surface area contributed by atoms with Gasteiger partial charge in [0, 0.05) is 30.7 Å². The number of nitrogens with two attached hydrogens (primary N) is 1. The highest BCUT2D eigenvalue weighted by molar-refractivity contribution is 7.99. The Morgan fingerprint density at radius 1 is 1.50 bits per heavy atom. The van der Waals surface area contributed by atoms with Crippen LogP contribution < -0.4 is 5.73 Å². The molecule has 14 heavy (non-hydrogen) atoms. The van der Waals surface area contributed by atoms with Crippen molar-refractivity contribution in [2.45, 2.75) is 32.9 Å². The topological polar surface area (TPSA) is 30.9 Å². The average molecular weight is 212 g/mol. The molecule has 0 aromatic carbocycles. The van der Waals surface area contributed by atoms with E-state index in [0.29, 0.717) is 0 Å². The van der Waals surface area contributed by atoms with Gasteiger partial charge in [-0.3, -0.25) is 0 Å². The van der Waals surface area contributed by atoms with Gasteiger partial charge in [-0.15, -0.1) is 0 Å². The fourth-order valence-electron chi connectivity index (χ4n) is 1.37. The number of aryl methyl sites for hydroxylation is 1. The van der Waals surface area contributed by atoms with E-state index in [-0.39, 0.29) is 6.04 Å². The Morgan fingerprint density at radius 2 is 2.29 bits per heavy atom. The first-order chi connectivity index (χ1) is 6.77. The largest absolute Gasteiger partial charge is 0.353 e. The highest BCUT2D eigenvalue weighted by Gasteiger charge is 2.04. The van der Waals surface area contributed by atoms with Gasteiger partial charge in [0.25, 0.3) is 0 Å². The fraction of sp³-hybridized carbons (Fsp3) is 0.636. The molecule has 1 aromatic heterocycles. The summed E-state index contributed by atoms with van der Waals surface area (Å²) in [6.07, 6.45) is 5.30. The second-order valence-electron chi connectivity index (χ2n) is 3.39. The molecule has 0 aliphatic heterocycles. The summed E-state index contributed by atoms with van der Waals surface area (Å²) in [5, 5.41) is 0. The molecule has 1 rings (SSSR count). The minimum atomic E-state index is 0.204. The summed E-state index contributed by atoms with van der Waals surface area (Å²) in [4.78, 5) is 0. The predicted octanol–water partition coefficient (Wildman–Crippen LogP) is 2.65.